The zero-order chi connectivity index (χ0) is 18.9. The van der Waals surface area contributed by atoms with Crippen LogP contribution in [0.4, 0.5) is 0 Å². The number of carbonyl (C=O) groups excluding carboxylic acids is 1. The third-order valence-corrected chi connectivity index (χ3v) is 4.50. The molecule has 0 spiro atoms. The van der Waals surface area contributed by atoms with Crippen LogP contribution in [-0.4, -0.2) is 73.3 Å². The van der Waals surface area contributed by atoms with Crippen molar-refractivity contribution >= 4 is 11.9 Å². The van der Waals surface area contributed by atoms with Gasteiger partial charge >= 0.3 is 5.97 Å². The van der Waals surface area contributed by atoms with E-state index >= 15 is 0 Å². The number of ether oxygens (including phenoxy) is 2. The van der Waals surface area contributed by atoms with Gasteiger partial charge in [0.2, 0.25) is 5.91 Å². The SMILES string of the molecule is COCCCCOc1cc(CN2CCN(C(C)=O)CC2)ccc1C(=O)O. The lowest BCUT2D eigenvalue weighted by atomic mass is 10.1. The van der Waals surface area contributed by atoms with Gasteiger partial charge in [-0.25, -0.2) is 4.79 Å². The largest absolute Gasteiger partial charge is 0.493 e. The van der Waals surface area contributed by atoms with Crippen molar-refractivity contribution in [2.75, 3.05) is 46.5 Å². The highest BCUT2D eigenvalue weighted by Gasteiger charge is 2.19. The highest BCUT2D eigenvalue weighted by atomic mass is 16.5. The van der Waals surface area contributed by atoms with Gasteiger partial charge in [-0.1, -0.05) is 6.07 Å². The fraction of sp³-hybridized carbons (Fsp3) is 0.579. The summed E-state index contributed by atoms with van der Waals surface area (Å²) in [6.45, 7) is 6.52. The third kappa shape index (κ3) is 6.00. The topological polar surface area (TPSA) is 79.3 Å². The molecule has 1 heterocycles. The molecule has 2 rings (SSSR count). The van der Waals surface area contributed by atoms with Gasteiger partial charge in [0.25, 0.3) is 0 Å². The van der Waals surface area contributed by atoms with Crippen molar-refractivity contribution in [1.82, 2.24) is 9.80 Å². The van der Waals surface area contributed by atoms with Crippen LogP contribution in [0, 0.1) is 0 Å². The summed E-state index contributed by atoms with van der Waals surface area (Å²) in [5, 5.41) is 9.35. The Kier molecular flexibility index (Phi) is 7.87. The first kappa shape index (κ1) is 20.2. The lowest BCUT2D eigenvalue weighted by Gasteiger charge is -2.34. The smallest absolute Gasteiger partial charge is 0.339 e. The molecule has 0 atom stereocenters. The first-order valence-electron chi connectivity index (χ1n) is 8.97. The molecule has 0 aromatic heterocycles. The van der Waals surface area contributed by atoms with Gasteiger partial charge in [0.05, 0.1) is 6.61 Å². The number of benzene rings is 1. The number of nitrogens with zero attached hydrogens (tertiary/aromatic N) is 2. The van der Waals surface area contributed by atoms with Gasteiger partial charge in [0.1, 0.15) is 11.3 Å². The zero-order valence-corrected chi connectivity index (χ0v) is 15.6. The molecule has 0 radical (unpaired) electrons. The standard InChI is InChI=1S/C19H28N2O5/c1-15(22)21-9-7-20(8-10-21)14-16-5-6-17(19(23)24)18(13-16)26-12-4-3-11-25-2/h5-6,13H,3-4,7-12,14H2,1-2H3,(H,23,24). The number of methoxy groups -OCH3 is 1. The minimum atomic E-state index is -0.987. The number of piperazine rings is 1. The normalized spacial score (nSPS) is 15.1. The van der Waals surface area contributed by atoms with Crippen LogP contribution >= 0.6 is 0 Å². The van der Waals surface area contributed by atoms with E-state index in [2.05, 4.69) is 4.90 Å². The van der Waals surface area contributed by atoms with Crippen LogP contribution in [0.2, 0.25) is 0 Å². The lowest BCUT2D eigenvalue weighted by Crippen LogP contribution is -2.47. The van der Waals surface area contributed by atoms with Crippen LogP contribution in [-0.2, 0) is 16.1 Å². The average Bonchev–Trinajstić information content (AvgIpc) is 2.62. The zero-order valence-electron chi connectivity index (χ0n) is 15.6. The molecular weight excluding hydrogens is 336 g/mol. The van der Waals surface area contributed by atoms with Crippen molar-refractivity contribution in [3.63, 3.8) is 0 Å². The summed E-state index contributed by atoms with van der Waals surface area (Å²) >= 11 is 0. The van der Waals surface area contributed by atoms with Crippen molar-refractivity contribution in [2.45, 2.75) is 26.3 Å². The predicted molar refractivity (Wildman–Crippen MR) is 97.5 cm³/mol. The average molecular weight is 364 g/mol. The predicted octanol–water partition coefficient (Wildman–Crippen LogP) is 1.85. The number of carboxylic acid groups (broad SMARTS) is 1. The number of unbranched alkanes of at least 4 members (excludes halogenated alkanes) is 1. The molecular formula is C19H28N2O5. The summed E-state index contributed by atoms with van der Waals surface area (Å²) in [4.78, 5) is 26.9. The first-order chi connectivity index (χ1) is 12.5. The van der Waals surface area contributed by atoms with E-state index in [-0.39, 0.29) is 11.5 Å². The second-order valence-corrected chi connectivity index (χ2v) is 6.47. The van der Waals surface area contributed by atoms with Crippen molar-refractivity contribution in [1.29, 1.82) is 0 Å². The Morgan fingerprint density at radius 2 is 1.81 bits per heavy atom. The van der Waals surface area contributed by atoms with E-state index in [4.69, 9.17) is 9.47 Å². The van der Waals surface area contributed by atoms with Gasteiger partial charge in [-0.05, 0) is 30.5 Å². The van der Waals surface area contributed by atoms with Crippen molar-refractivity contribution in [2.24, 2.45) is 0 Å². The van der Waals surface area contributed by atoms with E-state index in [0.29, 0.717) is 25.5 Å². The number of hydrogen-bond acceptors (Lipinski definition) is 5. The Bertz CT molecular complexity index is 612. The Morgan fingerprint density at radius 1 is 1.12 bits per heavy atom. The molecule has 144 valence electrons. The van der Waals surface area contributed by atoms with Crippen LogP contribution in [0.1, 0.15) is 35.7 Å². The number of aromatic carboxylic acids is 1. The molecule has 7 heteroatoms. The van der Waals surface area contributed by atoms with Crippen LogP contribution < -0.4 is 4.74 Å². The number of rotatable bonds is 9. The second kappa shape index (κ2) is 10.1. The van der Waals surface area contributed by atoms with Crippen LogP contribution in [0.5, 0.6) is 5.75 Å². The highest BCUT2D eigenvalue weighted by Crippen LogP contribution is 2.22. The molecule has 26 heavy (non-hydrogen) atoms. The summed E-state index contributed by atoms with van der Waals surface area (Å²) < 4.78 is 10.7. The van der Waals surface area contributed by atoms with E-state index in [0.717, 1.165) is 44.6 Å². The second-order valence-electron chi connectivity index (χ2n) is 6.47. The molecule has 1 aromatic rings. The van der Waals surface area contributed by atoms with E-state index in [1.807, 2.05) is 17.0 Å². The Labute approximate surface area is 154 Å². The Hall–Kier alpha value is -2.12. The molecule has 0 unspecified atom stereocenters. The van der Waals surface area contributed by atoms with Crippen molar-refractivity contribution in [3.05, 3.63) is 29.3 Å². The van der Waals surface area contributed by atoms with Crippen LogP contribution in [0.25, 0.3) is 0 Å². The van der Waals surface area contributed by atoms with Gasteiger partial charge in [-0.15, -0.1) is 0 Å². The van der Waals surface area contributed by atoms with Gasteiger partial charge in [-0.3, -0.25) is 9.69 Å². The summed E-state index contributed by atoms with van der Waals surface area (Å²) in [7, 11) is 1.66. The summed E-state index contributed by atoms with van der Waals surface area (Å²) in [5.41, 5.74) is 1.19. The van der Waals surface area contributed by atoms with Crippen molar-refractivity contribution in [3.8, 4) is 5.75 Å². The fourth-order valence-electron chi connectivity index (χ4n) is 2.97. The fourth-order valence-corrected chi connectivity index (χ4v) is 2.97. The maximum absolute atomic E-state index is 11.4. The van der Waals surface area contributed by atoms with E-state index in [9.17, 15) is 14.7 Å². The first-order valence-corrected chi connectivity index (χ1v) is 8.97. The Balaban J connectivity index is 1.95. The quantitative estimate of drug-likeness (QED) is 0.674. The third-order valence-electron chi connectivity index (χ3n) is 4.50. The summed E-state index contributed by atoms with van der Waals surface area (Å²) in [6.07, 6.45) is 1.68. The number of carboxylic acids is 1. The maximum Gasteiger partial charge on any atom is 0.339 e. The highest BCUT2D eigenvalue weighted by molar-refractivity contribution is 5.91. The number of amides is 1. The van der Waals surface area contributed by atoms with Gasteiger partial charge < -0.3 is 19.5 Å². The molecule has 7 nitrogen and oxygen atoms in total. The Morgan fingerprint density at radius 3 is 2.42 bits per heavy atom. The van der Waals surface area contributed by atoms with Crippen molar-refractivity contribution < 1.29 is 24.2 Å². The van der Waals surface area contributed by atoms with Gasteiger partial charge in [0.15, 0.2) is 0 Å². The van der Waals surface area contributed by atoms with E-state index in [1.54, 1.807) is 20.1 Å². The lowest BCUT2D eigenvalue weighted by molar-refractivity contribution is -0.130. The van der Waals surface area contributed by atoms with Crippen LogP contribution in [0.3, 0.4) is 0 Å². The molecule has 0 aliphatic carbocycles. The minimum absolute atomic E-state index is 0.111. The molecule has 1 amide bonds. The monoisotopic (exact) mass is 364 g/mol. The van der Waals surface area contributed by atoms with Gasteiger partial charge in [-0.2, -0.15) is 0 Å². The number of carbonyl (C=O) groups is 2. The summed E-state index contributed by atoms with van der Waals surface area (Å²) in [5.74, 6) is -0.465. The minimum Gasteiger partial charge on any atom is -0.493 e. The molecule has 1 aromatic carbocycles. The maximum atomic E-state index is 11.4. The molecule has 1 aliphatic heterocycles. The molecule has 0 bridgehead atoms. The van der Waals surface area contributed by atoms with Gasteiger partial charge in [0, 0.05) is 53.4 Å². The molecule has 1 N–H and O–H groups in total. The number of hydrogen-bond donors (Lipinski definition) is 1. The molecule has 0 saturated carbocycles. The van der Waals surface area contributed by atoms with Crippen LogP contribution in [0.15, 0.2) is 18.2 Å². The molecule has 1 fully saturated rings. The van der Waals surface area contributed by atoms with E-state index < -0.39 is 5.97 Å². The summed E-state index contributed by atoms with van der Waals surface area (Å²) in [6, 6.07) is 5.25. The van der Waals surface area contributed by atoms with E-state index in [1.165, 1.54) is 0 Å². The molecule has 1 saturated heterocycles. The molecule has 1 aliphatic rings.